The van der Waals surface area contributed by atoms with Gasteiger partial charge in [-0.3, -0.25) is 9.59 Å². The number of amides is 2. The Morgan fingerprint density at radius 2 is 1.69 bits per heavy atom. The molecular formula is C22H22N2O5. The summed E-state index contributed by atoms with van der Waals surface area (Å²) in [5.41, 5.74) is 2.24. The van der Waals surface area contributed by atoms with Crippen molar-refractivity contribution in [3.63, 3.8) is 0 Å². The number of hydrogen-bond acceptors (Lipinski definition) is 6. The Hall–Kier alpha value is -3.35. The Balaban J connectivity index is 1.68. The molecule has 7 nitrogen and oxygen atoms in total. The Kier molecular flexibility index (Phi) is 4.53. The first kappa shape index (κ1) is 19.0. The first-order chi connectivity index (χ1) is 13.9. The molecule has 1 saturated heterocycles. The number of benzene rings is 2. The van der Waals surface area contributed by atoms with E-state index >= 15 is 0 Å². The third-order valence-electron chi connectivity index (χ3n) is 5.44. The standard InChI is InChI=1S/C22H22N2O5/c1-13-7-5-8-14(2)19(13)24-18(25)12-22(21(24)26)11-16(23-29-22)15-9-6-10-17(27-3)20(15)28-4/h5-10H,11-12H2,1-4H3. The van der Waals surface area contributed by atoms with Crippen molar-refractivity contribution in [2.75, 3.05) is 19.1 Å². The zero-order valence-corrected chi connectivity index (χ0v) is 16.8. The Bertz CT molecular complexity index is 1030. The SMILES string of the molecule is COc1cccc(C2=NOC3(CC(=O)N(c4c(C)cccc4C)C3=O)C2)c1OC. The van der Waals surface area contributed by atoms with Crippen molar-refractivity contribution in [2.24, 2.45) is 5.16 Å². The molecule has 7 heteroatoms. The van der Waals surface area contributed by atoms with E-state index in [2.05, 4.69) is 5.16 Å². The number of rotatable bonds is 4. The molecule has 1 fully saturated rings. The van der Waals surface area contributed by atoms with E-state index in [0.29, 0.717) is 28.5 Å². The van der Waals surface area contributed by atoms with Crippen LogP contribution >= 0.6 is 0 Å². The third kappa shape index (κ3) is 2.85. The normalized spacial score (nSPS) is 20.8. The smallest absolute Gasteiger partial charge is 0.281 e. The summed E-state index contributed by atoms with van der Waals surface area (Å²) in [6.07, 6.45) is 0.126. The molecule has 0 radical (unpaired) electrons. The Labute approximate surface area is 168 Å². The monoisotopic (exact) mass is 394 g/mol. The van der Waals surface area contributed by atoms with E-state index in [1.165, 1.54) is 4.90 Å². The molecule has 0 aliphatic carbocycles. The minimum atomic E-state index is -1.32. The van der Waals surface area contributed by atoms with Gasteiger partial charge in [0.25, 0.3) is 5.91 Å². The van der Waals surface area contributed by atoms with Crippen molar-refractivity contribution >= 4 is 23.2 Å². The maximum atomic E-state index is 13.4. The van der Waals surface area contributed by atoms with E-state index < -0.39 is 5.60 Å². The summed E-state index contributed by atoms with van der Waals surface area (Å²) in [5, 5.41) is 4.16. The summed E-state index contributed by atoms with van der Waals surface area (Å²) in [6, 6.07) is 11.1. The van der Waals surface area contributed by atoms with Gasteiger partial charge in [-0.25, -0.2) is 4.90 Å². The van der Waals surface area contributed by atoms with Crippen LogP contribution in [0, 0.1) is 13.8 Å². The number of nitrogens with zero attached hydrogens (tertiary/aromatic N) is 2. The number of hydrogen-bond donors (Lipinski definition) is 0. The van der Waals surface area contributed by atoms with Gasteiger partial charge in [0.05, 0.1) is 32.0 Å². The number of para-hydroxylation sites is 2. The second-order valence-electron chi connectivity index (χ2n) is 7.29. The maximum absolute atomic E-state index is 13.4. The van der Waals surface area contributed by atoms with Crippen molar-refractivity contribution in [3.8, 4) is 11.5 Å². The number of oxime groups is 1. The fraction of sp³-hybridized carbons (Fsp3) is 0.318. The van der Waals surface area contributed by atoms with Gasteiger partial charge in [-0.15, -0.1) is 0 Å². The molecule has 2 amide bonds. The molecule has 29 heavy (non-hydrogen) atoms. The molecule has 0 N–H and O–H groups in total. The first-order valence-corrected chi connectivity index (χ1v) is 9.32. The molecule has 2 aliphatic rings. The van der Waals surface area contributed by atoms with Crippen LogP contribution in [0.3, 0.4) is 0 Å². The number of ether oxygens (including phenoxy) is 2. The van der Waals surface area contributed by atoms with Gasteiger partial charge in [-0.2, -0.15) is 0 Å². The van der Waals surface area contributed by atoms with Gasteiger partial charge in [-0.1, -0.05) is 29.4 Å². The fourth-order valence-electron chi connectivity index (χ4n) is 4.05. The van der Waals surface area contributed by atoms with E-state index in [9.17, 15) is 9.59 Å². The van der Waals surface area contributed by atoms with Crippen molar-refractivity contribution < 1.29 is 23.9 Å². The van der Waals surface area contributed by atoms with Gasteiger partial charge in [-0.05, 0) is 37.1 Å². The summed E-state index contributed by atoms with van der Waals surface area (Å²) in [6.45, 7) is 3.76. The number of carbonyl (C=O) groups excluding carboxylic acids is 2. The van der Waals surface area contributed by atoms with Crippen molar-refractivity contribution in [1.82, 2.24) is 0 Å². The van der Waals surface area contributed by atoms with Crippen LogP contribution in [0.15, 0.2) is 41.6 Å². The topological polar surface area (TPSA) is 77.4 Å². The number of imide groups is 1. The highest BCUT2D eigenvalue weighted by atomic mass is 16.7. The van der Waals surface area contributed by atoms with Crippen LogP contribution in [0.1, 0.15) is 29.5 Å². The highest BCUT2D eigenvalue weighted by Gasteiger charge is 2.58. The van der Waals surface area contributed by atoms with E-state index in [0.717, 1.165) is 11.1 Å². The van der Waals surface area contributed by atoms with E-state index in [-0.39, 0.29) is 24.7 Å². The molecule has 2 aromatic rings. The van der Waals surface area contributed by atoms with E-state index in [4.69, 9.17) is 14.3 Å². The van der Waals surface area contributed by atoms with E-state index in [1.54, 1.807) is 20.3 Å². The lowest BCUT2D eigenvalue weighted by atomic mass is 9.92. The van der Waals surface area contributed by atoms with Gasteiger partial charge in [0.15, 0.2) is 11.5 Å². The Morgan fingerprint density at radius 1 is 1.00 bits per heavy atom. The highest BCUT2D eigenvalue weighted by Crippen LogP contribution is 2.42. The number of carbonyl (C=O) groups is 2. The van der Waals surface area contributed by atoms with Gasteiger partial charge in [0.2, 0.25) is 11.5 Å². The molecule has 0 saturated carbocycles. The van der Waals surface area contributed by atoms with Crippen LogP contribution in [-0.2, 0) is 14.4 Å². The number of methoxy groups -OCH3 is 2. The summed E-state index contributed by atoms with van der Waals surface area (Å²) in [7, 11) is 3.10. The van der Waals surface area contributed by atoms with Gasteiger partial charge in [0.1, 0.15) is 0 Å². The molecule has 1 atom stereocenters. The largest absolute Gasteiger partial charge is 0.493 e. The van der Waals surface area contributed by atoms with Crippen molar-refractivity contribution in [2.45, 2.75) is 32.3 Å². The lowest BCUT2D eigenvalue weighted by molar-refractivity contribution is -0.136. The molecule has 150 valence electrons. The summed E-state index contributed by atoms with van der Waals surface area (Å²) in [4.78, 5) is 33.1. The van der Waals surface area contributed by atoms with Crippen LogP contribution < -0.4 is 14.4 Å². The number of aryl methyl sites for hydroxylation is 2. The first-order valence-electron chi connectivity index (χ1n) is 9.32. The zero-order chi connectivity index (χ0) is 20.8. The number of anilines is 1. The second-order valence-corrected chi connectivity index (χ2v) is 7.29. The third-order valence-corrected chi connectivity index (χ3v) is 5.44. The van der Waals surface area contributed by atoms with Crippen molar-refractivity contribution in [3.05, 3.63) is 53.1 Å². The molecule has 1 unspecified atom stereocenters. The minimum Gasteiger partial charge on any atom is -0.493 e. The predicted octanol–water partition coefficient (Wildman–Crippen LogP) is 3.15. The van der Waals surface area contributed by atoms with Crippen LogP contribution in [0.2, 0.25) is 0 Å². The highest BCUT2D eigenvalue weighted by molar-refractivity contribution is 6.26. The van der Waals surface area contributed by atoms with Crippen LogP contribution in [0.25, 0.3) is 0 Å². The summed E-state index contributed by atoms with van der Waals surface area (Å²) >= 11 is 0. The molecular weight excluding hydrogens is 372 g/mol. The van der Waals surface area contributed by atoms with Crippen LogP contribution in [-0.4, -0.2) is 37.3 Å². The zero-order valence-electron chi connectivity index (χ0n) is 16.8. The van der Waals surface area contributed by atoms with Crippen molar-refractivity contribution in [1.29, 1.82) is 0 Å². The summed E-state index contributed by atoms with van der Waals surface area (Å²) in [5.74, 6) is 0.388. The predicted molar refractivity (Wildman–Crippen MR) is 108 cm³/mol. The Morgan fingerprint density at radius 3 is 2.34 bits per heavy atom. The average Bonchev–Trinajstić information content (AvgIpc) is 3.23. The molecule has 0 bridgehead atoms. The molecule has 2 heterocycles. The van der Waals surface area contributed by atoms with Gasteiger partial charge in [0, 0.05) is 12.0 Å². The lowest BCUT2D eigenvalue weighted by Gasteiger charge is -2.22. The van der Waals surface area contributed by atoms with Crippen LogP contribution in [0.4, 0.5) is 5.69 Å². The fourth-order valence-corrected chi connectivity index (χ4v) is 4.05. The molecule has 2 aromatic carbocycles. The van der Waals surface area contributed by atoms with Gasteiger partial charge < -0.3 is 14.3 Å². The van der Waals surface area contributed by atoms with Crippen LogP contribution in [0.5, 0.6) is 11.5 Å². The van der Waals surface area contributed by atoms with Gasteiger partial charge >= 0.3 is 0 Å². The lowest BCUT2D eigenvalue weighted by Crippen LogP contribution is -2.41. The summed E-state index contributed by atoms with van der Waals surface area (Å²) < 4.78 is 10.8. The maximum Gasteiger partial charge on any atom is 0.281 e. The molecule has 4 rings (SSSR count). The minimum absolute atomic E-state index is 0.0567. The quantitative estimate of drug-likeness (QED) is 0.745. The molecule has 0 aromatic heterocycles. The molecule has 1 spiro atoms. The molecule has 2 aliphatic heterocycles. The van der Waals surface area contributed by atoms with E-state index in [1.807, 2.05) is 44.2 Å². The second kappa shape index (κ2) is 6.92. The average molecular weight is 394 g/mol.